The number of hydrogen-bond acceptors (Lipinski definition) is 6. The van der Waals surface area contributed by atoms with Gasteiger partial charge in [-0.3, -0.25) is 4.90 Å². The highest BCUT2D eigenvalue weighted by Crippen LogP contribution is 2.26. The molecule has 2 heterocycles. The minimum atomic E-state index is -0.526. The third-order valence-electron chi connectivity index (χ3n) is 4.69. The summed E-state index contributed by atoms with van der Waals surface area (Å²) in [5.74, 6) is 0.502. The maximum Gasteiger partial charge on any atom is 0.364 e. The Labute approximate surface area is 165 Å². The fraction of sp³-hybridized carbons (Fsp3) is 0.200. The van der Waals surface area contributed by atoms with Gasteiger partial charge in [0, 0.05) is 11.8 Å². The molecule has 148 valence electrons. The number of fused-ring (bicyclic) bond motifs is 1. The van der Waals surface area contributed by atoms with Gasteiger partial charge in [0.2, 0.25) is 0 Å². The quantitative estimate of drug-likeness (QED) is 0.613. The van der Waals surface area contributed by atoms with Gasteiger partial charge in [0.1, 0.15) is 5.75 Å². The van der Waals surface area contributed by atoms with Gasteiger partial charge in [-0.1, -0.05) is 18.2 Å². The number of carbonyl (C=O) groups is 2. The van der Waals surface area contributed by atoms with Gasteiger partial charge in [0.25, 0.3) is 0 Å². The summed E-state index contributed by atoms with van der Waals surface area (Å²) < 4.78 is 12.5. The van der Waals surface area contributed by atoms with E-state index in [0.717, 1.165) is 0 Å². The van der Waals surface area contributed by atoms with Gasteiger partial charge >= 0.3 is 17.7 Å². The molecule has 1 aliphatic rings. The first-order valence-electron chi connectivity index (χ1n) is 8.83. The largest absolute Gasteiger partial charge is 0.497 e. The van der Waals surface area contributed by atoms with Crippen LogP contribution in [0.25, 0.3) is 0 Å². The Balaban J connectivity index is 1.66. The summed E-state index contributed by atoms with van der Waals surface area (Å²) in [6, 6.07) is 13.4. The molecule has 0 atom stereocenters. The van der Waals surface area contributed by atoms with Crippen molar-refractivity contribution in [2.75, 3.05) is 19.1 Å². The molecular formula is C20H18N4O5. The smallest absolute Gasteiger partial charge is 0.364 e. The molecule has 0 saturated carbocycles. The molecule has 4 rings (SSSR count). The number of amides is 1. The third kappa shape index (κ3) is 3.27. The van der Waals surface area contributed by atoms with Gasteiger partial charge in [0.05, 0.1) is 32.9 Å². The Morgan fingerprint density at radius 2 is 1.90 bits per heavy atom. The maximum atomic E-state index is 13.0. The highest BCUT2D eigenvalue weighted by atomic mass is 16.5. The molecule has 0 spiro atoms. The second-order valence-electron chi connectivity index (χ2n) is 6.44. The monoisotopic (exact) mass is 394 g/mol. The van der Waals surface area contributed by atoms with Gasteiger partial charge in [-0.05, 0) is 29.8 Å². The van der Waals surface area contributed by atoms with Crippen LogP contribution >= 0.6 is 0 Å². The van der Waals surface area contributed by atoms with Gasteiger partial charge < -0.3 is 9.47 Å². The van der Waals surface area contributed by atoms with Crippen LogP contribution in [0.1, 0.15) is 21.7 Å². The lowest BCUT2D eigenvalue weighted by Gasteiger charge is -2.16. The van der Waals surface area contributed by atoms with Crippen LogP contribution in [0.2, 0.25) is 0 Å². The predicted octanol–water partition coefficient (Wildman–Crippen LogP) is 1.88. The number of nitrogens with zero attached hydrogens (tertiary/aromatic N) is 4. The number of esters is 1. The van der Waals surface area contributed by atoms with Crippen molar-refractivity contribution in [2.45, 2.75) is 13.1 Å². The van der Waals surface area contributed by atoms with E-state index in [4.69, 9.17) is 9.47 Å². The van der Waals surface area contributed by atoms with Gasteiger partial charge in [-0.2, -0.15) is 9.67 Å². The molecule has 0 unspecified atom stereocenters. The molecule has 0 radical (unpaired) electrons. The first-order chi connectivity index (χ1) is 14.0. The number of carbonyl (C=O) groups excluding carboxylic acids is 2. The topological polar surface area (TPSA) is 95.7 Å². The fourth-order valence-electron chi connectivity index (χ4n) is 3.29. The SMILES string of the molecule is COC(=O)c1cccc(Cn2c(=O)nc3n2C(=O)N(c2cccc(OC)c2)C3)c1. The summed E-state index contributed by atoms with van der Waals surface area (Å²) in [7, 11) is 2.85. The number of aromatic nitrogens is 3. The van der Waals surface area contributed by atoms with Crippen LogP contribution in [0.4, 0.5) is 10.5 Å². The Kier molecular flexibility index (Phi) is 4.63. The van der Waals surface area contributed by atoms with E-state index in [-0.39, 0.29) is 19.1 Å². The Bertz CT molecular complexity index is 1160. The molecular weight excluding hydrogens is 376 g/mol. The summed E-state index contributed by atoms with van der Waals surface area (Å²) in [6.07, 6.45) is 0. The summed E-state index contributed by atoms with van der Waals surface area (Å²) in [5.41, 5.74) is 1.16. The van der Waals surface area contributed by atoms with Crippen LogP contribution in [0, 0.1) is 0 Å². The number of ether oxygens (including phenoxy) is 2. The van der Waals surface area contributed by atoms with Crippen molar-refractivity contribution in [1.29, 1.82) is 0 Å². The molecule has 9 nitrogen and oxygen atoms in total. The Morgan fingerprint density at radius 1 is 1.10 bits per heavy atom. The molecule has 0 bridgehead atoms. The van der Waals surface area contributed by atoms with Crippen LogP contribution in [0.15, 0.2) is 53.3 Å². The molecule has 1 aromatic heterocycles. The molecule has 0 aliphatic carbocycles. The highest BCUT2D eigenvalue weighted by Gasteiger charge is 2.33. The molecule has 2 aromatic carbocycles. The standard InChI is InChI=1S/C20H18N4O5/c1-28-16-8-4-7-15(10-16)22-12-17-21-19(26)23(24(17)20(22)27)11-13-5-3-6-14(9-13)18(25)29-2/h3-10H,11-12H2,1-2H3. The zero-order valence-electron chi connectivity index (χ0n) is 15.9. The van der Waals surface area contributed by atoms with E-state index in [1.165, 1.54) is 21.4 Å². The van der Waals surface area contributed by atoms with Crippen LogP contribution in [0.3, 0.4) is 0 Å². The zero-order valence-corrected chi connectivity index (χ0v) is 15.9. The lowest BCUT2D eigenvalue weighted by Crippen LogP contribution is -2.34. The van der Waals surface area contributed by atoms with Crippen LogP contribution in [0.5, 0.6) is 5.75 Å². The molecule has 29 heavy (non-hydrogen) atoms. The van der Waals surface area contributed by atoms with Gasteiger partial charge in [-0.25, -0.2) is 19.1 Å². The van der Waals surface area contributed by atoms with E-state index in [0.29, 0.717) is 28.4 Å². The van der Waals surface area contributed by atoms with E-state index in [1.807, 2.05) is 0 Å². The van der Waals surface area contributed by atoms with Gasteiger partial charge in [0.15, 0.2) is 5.82 Å². The van der Waals surface area contributed by atoms with E-state index >= 15 is 0 Å². The van der Waals surface area contributed by atoms with Crippen molar-refractivity contribution >= 4 is 17.7 Å². The molecule has 9 heteroatoms. The van der Waals surface area contributed by atoms with Crippen LogP contribution in [-0.2, 0) is 17.8 Å². The molecule has 3 aromatic rings. The van der Waals surface area contributed by atoms with Crippen LogP contribution < -0.4 is 15.3 Å². The van der Waals surface area contributed by atoms with Gasteiger partial charge in [-0.15, -0.1) is 0 Å². The number of benzene rings is 2. The average Bonchev–Trinajstić information content (AvgIpc) is 3.23. The third-order valence-corrected chi connectivity index (χ3v) is 4.69. The number of rotatable bonds is 5. The normalized spacial score (nSPS) is 12.8. The fourth-order valence-corrected chi connectivity index (χ4v) is 3.29. The lowest BCUT2D eigenvalue weighted by molar-refractivity contribution is 0.0600. The molecule has 1 aliphatic heterocycles. The van der Waals surface area contributed by atoms with Crippen molar-refractivity contribution < 1.29 is 19.1 Å². The number of anilines is 1. The molecule has 1 amide bonds. The maximum absolute atomic E-state index is 13.0. The minimum Gasteiger partial charge on any atom is -0.497 e. The first-order valence-corrected chi connectivity index (χ1v) is 8.83. The minimum absolute atomic E-state index is 0.0916. The second kappa shape index (κ2) is 7.27. The van der Waals surface area contributed by atoms with E-state index in [2.05, 4.69) is 4.98 Å². The van der Waals surface area contributed by atoms with Crippen LogP contribution in [-0.4, -0.2) is 40.6 Å². The first kappa shape index (κ1) is 18.5. The van der Waals surface area contributed by atoms with E-state index < -0.39 is 11.7 Å². The molecule has 0 saturated heterocycles. The van der Waals surface area contributed by atoms with Crippen molar-refractivity contribution in [3.63, 3.8) is 0 Å². The van der Waals surface area contributed by atoms with Crippen molar-refractivity contribution in [3.8, 4) is 5.75 Å². The van der Waals surface area contributed by atoms with E-state index in [1.54, 1.807) is 55.6 Å². The Morgan fingerprint density at radius 3 is 2.66 bits per heavy atom. The Hall–Kier alpha value is -3.88. The van der Waals surface area contributed by atoms with Crippen molar-refractivity contribution in [2.24, 2.45) is 0 Å². The lowest BCUT2D eigenvalue weighted by atomic mass is 10.1. The van der Waals surface area contributed by atoms with Crippen molar-refractivity contribution in [3.05, 3.63) is 76.0 Å². The van der Waals surface area contributed by atoms with Crippen molar-refractivity contribution in [1.82, 2.24) is 14.3 Å². The summed E-state index contributed by atoms with van der Waals surface area (Å²) in [5, 5.41) is 0. The average molecular weight is 394 g/mol. The predicted molar refractivity (Wildman–Crippen MR) is 103 cm³/mol. The molecule has 0 fully saturated rings. The van der Waals surface area contributed by atoms with E-state index in [9.17, 15) is 14.4 Å². The highest BCUT2D eigenvalue weighted by molar-refractivity contribution is 5.95. The summed E-state index contributed by atoms with van der Waals surface area (Å²) in [4.78, 5) is 42.7. The summed E-state index contributed by atoms with van der Waals surface area (Å²) >= 11 is 0. The molecule has 0 N–H and O–H groups in total. The second-order valence-corrected chi connectivity index (χ2v) is 6.44. The number of hydrogen-bond donors (Lipinski definition) is 0. The zero-order chi connectivity index (χ0) is 20.5. The summed E-state index contributed by atoms with van der Waals surface area (Å²) in [6.45, 7) is 0.269. The number of methoxy groups -OCH3 is 2.